The molecule has 6 aromatic rings. The summed E-state index contributed by atoms with van der Waals surface area (Å²) in [5.41, 5.74) is 6.76. The van der Waals surface area contributed by atoms with Crippen molar-refractivity contribution in [1.82, 2.24) is 20.2 Å². The average Bonchev–Trinajstić information content (AvgIpc) is 3.81. The summed E-state index contributed by atoms with van der Waals surface area (Å²) in [5.74, 6) is -0.211. The second-order valence-electron chi connectivity index (χ2n) is 12.4. The number of carbonyl (C=O) groups excluding carboxylic acids is 2. The van der Waals surface area contributed by atoms with E-state index in [1.54, 1.807) is 19.5 Å². The number of aromatic amines is 2. The molecule has 1 aliphatic heterocycles. The van der Waals surface area contributed by atoms with Crippen molar-refractivity contribution < 1.29 is 23.8 Å². The van der Waals surface area contributed by atoms with Gasteiger partial charge in [0.05, 0.1) is 17.8 Å². The molecule has 0 saturated carbocycles. The van der Waals surface area contributed by atoms with Crippen molar-refractivity contribution in [2.45, 2.75) is 32.0 Å². The fourth-order valence-electron chi connectivity index (χ4n) is 6.49. The highest BCUT2D eigenvalue weighted by Crippen LogP contribution is 2.39. The molecule has 3 N–H and O–H groups in total. The number of imide groups is 1. The van der Waals surface area contributed by atoms with Crippen molar-refractivity contribution in [1.29, 1.82) is 0 Å². The number of aromatic nitrogens is 2. The highest BCUT2D eigenvalue weighted by Gasteiger charge is 2.35. The van der Waals surface area contributed by atoms with Gasteiger partial charge in [-0.1, -0.05) is 66.7 Å². The first kappa shape index (κ1) is 32.1. The van der Waals surface area contributed by atoms with E-state index in [4.69, 9.17) is 14.2 Å². The van der Waals surface area contributed by atoms with Crippen molar-refractivity contribution in [2.24, 2.45) is 0 Å². The number of ether oxygens (including phenoxy) is 3. The van der Waals surface area contributed by atoms with Gasteiger partial charge in [-0.2, -0.15) is 0 Å². The van der Waals surface area contributed by atoms with Crippen LogP contribution in [-0.4, -0.2) is 60.2 Å². The summed E-state index contributed by atoms with van der Waals surface area (Å²) >= 11 is 0. The Hall–Kier alpha value is -5.48. The molecule has 0 radical (unpaired) electrons. The van der Waals surface area contributed by atoms with Crippen molar-refractivity contribution in [3.63, 3.8) is 0 Å². The lowest BCUT2D eigenvalue weighted by molar-refractivity contribution is -0.126. The van der Waals surface area contributed by atoms with Crippen LogP contribution in [-0.2, 0) is 38.7 Å². The molecule has 0 spiro atoms. The predicted molar refractivity (Wildman–Crippen MR) is 191 cm³/mol. The molecule has 49 heavy (non-hydrogen) atoms. The van der Waals surface area contributed by atoms with Crippen LogP contribution in [0.2, 0.25) is 0 Å². The molecule has 0 bridgehead atoms. The van der Waals surface area contributed by atoms with E-state index >= 15 is 0 Å². The average molecular weight is 655 g/mol. The van der Waals surface area contributed by atoms with Crippen LogP contribution in [0.5, 0.6) is 5.75 Å². The van der Waals surface area contributed by atoms with Crippen LogP contribution in [0.1, 0.15) is 27.8 Å². The predicted octanol–water partition coefficient (Wildman–Crippen LogP) is 6.46. The molecule has 0 fully saturated rings. The number of rotatable bonds is 13. The summed E-state index contributed by atoms with van der Waals surface area (Å²) < 4.78 is 18.4. The van der Waals surface area contributed by atoms with Gasteiger partial charge < -0.3 is 24.2 Å². The number of hydrogen-bond acceptors (Lipinski definition) is 6. The second kappa shape index (κ2) is 13.9. The molecular weight excluding hydrogens is 616 g/mol. The smallest absolute Gasteiger partial charge is 0.259 e. The quantitative estimate of drug-likeness (QED) is 0.0975. The monoisotopic (exact) mass is 654 g/mol. The van der Waals surface area contributed by atoms with E-state index in [1.165, 1.54) is 0 Å². The van der Waals surface area contributed by atoms with E-state index < -0.39 is 11.8 Å². The van der Waals surface area contributed by atoms with E-state index in [9.17, 15) is 9.59 Å². The number of nitrogens with one attached hydrogen (secondary N) is 3. The molecule has 2 aromatic heterocycles. The Morgan fingerprint density at radius 3 is 1.84 bits per heavy atom. The third-order valence-corrected chi connectivity index (χ3v) is 8.95. The molecule has 1 aliphatic rings. The first-order chi connectivity index (χ1) is 23.9. The number of likely N-dealkylation sites (N-methyl/N-ethyl adjacent to an activating group) is 1. The molecule has 7 rings (SSSR count). The molecular formula is C40H38N4O5. The number of nitrogens with zero attached hydrogens (tertiary/aromatic N) is 1. The number of carbonyl (C=O) groups is 2. The highest BCUT2D eigenvalue weighted by molar-refractivity contribution is 6.50. The van der Waals surface area contributed by atoms with Gasteiger partial charge in [0.15, 0.2) is 0 Å². The van der Waals surface area contributed by atoms with Gasteiger partial charge in [-0.25, -0.2) is 0 Å². The second-order valence-corrected chi connectivity index (χ2v) is 12.4. The summed E-state index contributed by atoms with van der Waals surface area (Å²) in [6.07, 6.45) is 3.57. The summed E-state index contributed by atoms with van der Waals surface area (Å²) in [6.45, 7) is 0.869. The zero-order valence-electron chi connectivity index (χ0n) is 27.7. The van der Waals surface area contributed by atoms with Gasteiger partial charge in [0.1, 0.15) is 24.7 Å². The maximum atomic E-state index is 13.5. The minimum absolute atomic E-state index is 0.269. The third kappa shape index (κ3) is 6.64. The lowest BCUT2D eigenvalue weighted by Crippen LogP contribution is -2.43. The molecule has 9 heteroatoms. The van der Waals surface area contributed by atoms with E-state index in [0.29, 0.717) is 47.7 Å². The van der Waals surface area contributed by atoms with Gasteiger partial charge >= 0.3 is 0 Å². The largest absolute Gasteiger partial charge is 0.489 e. The standard InChI is InChI=1S/C40H38N4O5/c1-44(2)40(49-24-26-12-8-5-9-13-26)35(47-3)19-27-14-16-33-29(18-27)31(21-41-33)36-37(39(46)43-38(36)45)32-22-42-34-17-15-28(20-30(32)34)48-23-25-10-6-4-7-11-25/h4-18,20-22,35,40-42H,19,23-24H2,1-3H3,(H,43,45,46). The maximum Gasteiger partial charge on any atom is 0.259 e. The van der Waals surface area contributed by atoms with Gasteiger partial charge in [-0.15, -0.1) is 0 Å². The number of methoxy groups -OCH3 is 1. The summed E-state index contributed by atoms with van der Waals surface area (Å²) in [7, 11) is 5.64. The molecule has 2 atom stereocenters. The zero-order valence-corrected chi connectivity index (χ0v) is 27.7. The number of H-pyrrole nitrogens is 2. The fraction of sp³-hybridized carbons (Fsp3) is 0.200. The van der Waals surface area contributed by atoms with E-state index in [-0.39, 0.29) is 12.3 Å². The van der Waals surface area contributed by atoms with E-state index in [0.717, 1.165) is 38.5 Å². The molecule has 3 heterocycles. The molecule has 248 valence electrons. The maximum absolute atomic E-state index is 13.5. The Morgan fingerprint density at radius 1 is 0.673 bits per heavy atom. The van der Waals surface area contributed by atoms with Gasteiger partial charge in [-0.3, -0.25) is 19.8 Å². The summed E-state index contributed by atoms with van der Waals surface area (Å²) in [6, 6.07) is 31.8. The SMILES string of the molecule is COC(Cc1ccc2[nH]cc(C3=C(c4c[nH]c5ccc(OCc6ccccc6)cc45)C(=O)NC3=O)c2c1)C(OCc1ccccc1)N(C)C. The molecule has 4 aromatic carbocycles. The third-order valence-electron chi connectivity index (χ3n) is 8.95. The Kier molecular flexibility index (Phi) is 9.13. The molecule has 0 saturated heterocycles. The van der Waals surface area contributed by atoms with E-state index in [2.05, 4.69) is 21.4 Å². The van der Waals surface area contributed by atoms with E-state index in [1.807, 2.05) is 110 Å². The van der Waals surface area contributed by atoms with Gasteiger partial charge in [-0.05, 0) is 61.1 Å². The van der Waals surface area contributed by atoms with Crippen molar-refractivity contribution >= 4 is 44.8 Å². The molecule has 0 aliphatic carbocycles. The van der Waals surface area contributed by atoms with Gasteiger partial charge in [0.2, 0.25) is 0 Å². The Morgan fingerprint density at radius 2 is 1.24 bits per heavy atom. The first-order valence-electron chi connectivity index (χ1n) is 16.2. The van der Waals surface area contributed by atoms with Crippen LogP contribution in [0.4, 0.5) is 0 Å². The lowest BCUT2D eigenvalue weighted by Gasteiger charge is -2.31. The minimum atomic E-state index is -0.439. The first-order valence-corrected chi connectivity index (χ1v) is 16.2. The summed E-state index contributed by atoms with van der Waals surface area (Å²) in [5, 5.41) is 4.17. The molecule has 2 unspecified atom stereocenters. The van der Waals surface area contributed by atoms with Crippen LogP contribution in [0.15, 0.2) is 109 Å². The highest BCUT2D eigenvalue weighted by atomic mass is 16.5. The lowest BCUT2D eigenvalue weighted by atomic mass is 9.94. The Balaban J connectivity index is 1.21. The summed E-state index contributed by atoms with van der Waals surface area (Å²) in [4.78, 5) is 35.5. The topological polar surface area (TPSA) is 109 Å². The van der Waals surface area contributed by atoms with Crippen LogP contribution in [0, 0.1) is 0 Å². The van der Waals surface area contributed by atoms with Crippen molar-refractivity contribution in [3.05, 3.63) is 137 Å². The number of benzene rings is 4. The number of fused-ring (bicyclic) bond motifs is 2. The molecule has 9 nitrogen and oxygen atoms in total. The minimum Gasteiger partial charge on any atom is -0.489 e. The van der Waals surface area contributed by atoms with Gasteiger partial charge in [0, 0.05) is 58.9 Å². The zero-order chi connectivity index (χ0) is 33.9. The normalized spacial score (nSPS) is 14.6. The van der Waals surface area contributed by atoms with Crippen molar-refractivity contribution in [3.8, 4) is 5.75 Å². The molecule has 2 amide bonds. The van der Waals surface area contributed by atoms with Gasteiger partial charge in [0.25, 0.3) is 11.8 Å². The fourth-order valence-corrected chi connectivity index (χ4v) is 6.49. The Labute approximate surface area is 284 Å². The van der Waals surface area contributed by atoms with Crippen molar-refractivity contribution in [2.75, 3.05) is 21.2 Å². The number of amides is 2. The Bertz CT molecular complexity index is 2150. The van der Waals surface area contributed by atoms with Crippen LogP contribution in [0.3, 0.4) is 0 Å². The number of hydrogen-bond donors (Lipinski definition) is 3. The van der Waals surface area contributed by atoms with Crippen LogP contribution < -0.4 is 10.1 Å². The van der Waals surface area contributed by atoms with Crippen LogP contribution >= 0.6 is 0 Å². The van der Waals surface area contributed by atoms with Crippen LogP contribution in [0.25, 0.3) is 33.0 Å².